The number of hydrogen-bond donors (Lipinski definition) is 0. The van der Waals surface area contributed by atoms with E-state index in [0.717, 1.165) is 19.8 Å². The van der Waals surface area contributed by atoms with Gasteiger partial charge in [0.2, 0.25) is 0 Å². The van der Waals surface area contributed by atoms with Crippen molar-refractivity contribution in [3.8, 4) is 0 Å². The summed E-state index contributed by atoms with van der Waals surface area (Å²) < 4.78 is 10.6. The largest absolute Gasteiger partial charge is 0.379 e. The molecule has 1 aliphatic heterocycles. The van der Waals surface area contributed by atoms with Crippen LogP contribution in [0.5, 0.6) is 0 Å². The lowest BCUT2D eigenvalue weighted by Gasteiger charge is -2.09. The zero-order valence-electron chi connectivity index (χ0n) is 9.82. The molecule has 1 aromatic rings. The first kappa shape index (κ1) is 11.8. The monoisotopic (exact) mass is 235 g/mol. The van der Waals surface area contributed by atoms with Crippen molar-refractivity contribution in [3.63, 3.8) is 0 Å². The molecule has 0 aliphatic carbocycles. The Balaban J connectivity index is 1.58. The van der Waals surface area contributed by atoms with Crippen molar-refractivity contribution in [2.75, 3.05) is 19.8 Å². The molecule has 16 heavy (non-hydrogen) atoms. The molecular weight excluding hydrogens is 216 g/mol. The molecule has 0 N–H and O–H groups in total. The van der Waals surface area contributed by atoms with Crippen molar-refractivity contribution in [1.82, 2.24) is 0 Å². The molecule has 1 saturated heterocycles. The summed E-state index contributed by atoms with van der Waals surface area (Å²) >= 11 is 0. The lowest BCUT2D eigenvalue weighted by molar-refractivity contribution is 0.117. The van der Waals surface area contributed by atoms with Gasteiger partial charge in [-0.1, -0.05) is 48.1 Å². The van der Waals surface area contributed by atoms with E-state index in [9.17, 15) is 0 Å². The summed E-state index contributed by atoms with van der Waals surface area (Å²) in [5.74, 6) is 0. The fourth-order valence-corrected chi connectivity index (χ4v) is 3.41. The highest BCUT2D eigenvalue weighted by Gasteiger charge is 2.22. The number of ether oxygens (including phenoxy) is 2. The average molecular weight is 235 g/mol. The quantitative estimate of drug-likeness (QED) is 0.408. The summed E-state index contributed by atoms with van der Waals surface area (Å²) in [5, 5.41) is 1.53. The van der Waals surface area contributed by atoms with Crippen LogP contribution in [-0.2, 0) is 9.47 Å². The van der Waals surface area contributed by atoms with E-state index in [1.165, 1.54) is 17.7 Å². The zero-order valence-corrected chi connectivity index (χ0v) is 10.8. The first-order valence-corrected chi connectivity index (χ1v) is 8.14. The van der Waals surface area contributed by atoms with E-state index in [4.69, 9.17) is 9.47 Å². The van der Waals surface area contributed by atoms with E-state index < -0.39 is 0 Å². The third-order valence-electron chi connectivity index (χ3n) is 2.81. The summed E-state index contributed by atoms with van der Waals surface area (Å²) in [4.78, 5) is 0. The van der Waals surface area contributed by atoms with Crippen LogP contribution in [0.25, 0.3) is 0 Å². The van der Waals surface area contributed by atoms with Gasteiger partial charge in [-0.25, -0.2) is 0 Å². The minimum absolute atomic E-state index is 0.363. The first-order chi connectivity index (χ1) is 7.86. The van der Waals surface area contributed by atoms with Crippen LogP contribution in [0.1, 0.15) is 6.42 Å². The molecule has 0 saturated carbocycles. The lowest BCUT2D eigenvalue weighted by Crippen LogP contribution is -2.26. The number of rotatable bonds is 7. The summed E-state index contributed by atoms with van der Waals surface area (Å²) in [7, 11) is -0.363. The van der Waals surface area contributed by atoms with Crippen molar-refractivity contribution in [1.29, 1.82) is 0 Å². The molecule has 3 heteroatoms. The van der Waals surface area contributed by atoms with Crippen molar-refractivity contribution in [2.45, 2.75) is 25.1 Å². The van der Waals surface area contributed by atoms with Gasteiger partial charge in [0.25, 0.3) is 0 Å². The minimum atomic E-state index is -0.363. The Morgan fingerprint density at radius 2 is 2.12 bits per heavy atom. The molecule has 1 aromatic carbocycles. The molecular formula is C13H19O2Si. The maximum absolute atomic E-state index is 5.54. The van der Waals surface area contributed by atoms with E-state index in [1.54, 1.807) is 0 Å². The Labute approximate surface area is 99.2 Å². The molecule has 1 aliphatic rings. The summed E-state index contributed by atoms with van der Waals surface area (Å²) in [6.07, 6.45) is 1.58. The summed E-state index contributed by atoms with van der Waals surface area (Å²) in [6.45, 7) is 4.95. The fourth-order valence-electron chi connectivity index (χ4n) is 1.69. The van der Waals surface area contributed by atoms with Gasteiger partial charge in [-0.3, -0.25) is 0 Å². The Kier molecular flexibility index (Phi) is 4.57. The highest BCUT2D eigenvalue weighted by atomic mass is 28.3. The van der Waals surface area contributed by atoms with Crippen LogP contribution in [0.2, 0.25) is 12.6 Å². The van der Waals surface area contributed by atoms with Gasteiger partial charge < -0.3 is 9.47 Å². The van der Waals surface area contributed by atoms with E-state index in [2.05, 4.69) is 36.9 Å². The van der Waals surface area contributed by atoms with Gasteiger partial charge in [-0.05, 0) is 6.42 Å². The molecule has 1 unspecified atom stereocenters. The zero-order chi connectivity index (χ0) is 11.2. The van der Waals surface area contributed by atoms with Crippen molar-refractivity contribution < 1.29 is 9.47 Å². The second-order valence-corrected chi connectivity index (χ2v) is 6.92. The van der Waals surface area contributed by atoms with E-state index >= 15 is 0 Å². The SMILES string of the molecule is C[Si](CCCOCC1CO1)c1ccccc1. The fraction of sp³-hybridized carbons (Fsp3) is 0.538. The third kappa shape index (κ3) is 4.08. The maximum Gasteiger partial charge on any atom is 0.104 e. The van der Waals surface area contributed by atoms with Gasteiger partial charge in [0.1, 0.15) is 6.10 Å². The van der Waals surface area contributed by atoms with Crippen LogP contribution >= 0.6 is 0 Å². The maximum atomic E-state index is 5.54. The average Bonchev–Trinajstić information content (AvgIpc) is 3.13. The normalized spacial score (nSPS) is 19.0. The number of benzene rings is 1. The van der Waals surface area contributed by atoms with Crippen molar-refractivity contribution in [3.05, 3.63) is 30.3 Å². The molecule has 1 radical (unpaired) electrons. The van der Waals surface area contributed by atoms with Crippen molar-refractivity contribution >= 4 is 14.0 Å². The molecule has 0 bridgehead atoms. The molecule has 1 heterocycles. The van der Waals surface area contributed by atoms with Gasteiger partial charge in [0, 0.05) is 6.61 Å². The van der Waals surface area contributed by atoms with Crippen LogP contribution in [-0.4, -0.2) is 34.7 Å². The van der Waals surface area contributed by atoms with Gasteiger partial charge in [0.15, 0.2) is 0 Å². The summed E-state index contributed by atoms with van der Waals surface area (Å²) in [6, 6.07) is 12.1. The molecule has 0 spiro atoms. The Morgan fingerprint density at radius 1 is 1.38 bits per heavy atom. The standard InChI is InChI=1S/C13H19O2Si/c1-16(13-6-3-2-4-7-13)9-5-8-14-10-12-11-15-12/h2-4,6-7,12H,5,8-11H2,1H3. The molecule has 1 atom stereocenters. The topological polar surface area (TPSA) is 21.8 Å². The molecule has 1 fully saturated rings. The second-order valence-electron chi connectivity index (χ2n) is 4.28. The van der Waals surface area contributed by atoms with E-state index in [-0.39, 0.29) is 8.80 Å². The Bertz CT molecular complexity index is 298. The van der Waals surface area contributed by atoms with Crippen LogP contribution in [0.15, 0.2) is 30.3 Å². The molecule has 2 nitrogen and oxygen atoms in total. The van der Waals surface area contributed by atoms with Crippen LogP contribution in [0.3, 0.4) is 0 Å². The highest BCUT2D eigenvalue weighted by molar-refractivity contribution is 6.71. The molecule has 0 amide bonds. The van der Waals surface area contributed by atoms with E-state index in [0.29, 0.717) is 6.10 Å². The lowest BCUT2D eigenvalue weighted by atomic mass is 10.4. The summed E-state index contributed by atoms with van der Waals surface area (Å²) in [5.41, 5.74) is 0. The Hall–Kier alpha value is -0.643. The highest BCUT2D eigenvalue weighted by Crippen LogP contribution is 2.09. The molecule has 87 valence electrons. The third-order valence-corrected chi connectivity index (χ3v) is 5.24. The van der Waals surface area contributed by atoms with Crippen molar-refractivity contribution in [2.24, 2.45) is 0 Å². The van der Waals surface area contributed by atoms with Gasteiger partial charge in [0.05, 0.1) is 22.0 Å². The predicted molar refractivity (Wildman–Crippen MR) is 67.7 cm³/mol. The predicted octanol–water partition coefficient (Wildman–Crippen LogP) is 1.82. The smallest absolute Gasteiger partial charge is 0.104 e. The molecule has 2 rings (SSSR count). The van der Waals surface area contributed by atoms with Gasteiger partial charge >= 0.3 is 0 Å². The number of epoxide rings is 1. The van der Waals surface area contributed by atoms with Gasteiger partial charge in [-0.15, -0.1) is 0 Å². The van der Waals surface area contributed by atoms with Gasteiger partial charge in [-0.2, -0.15) is 0 Å². The van der Waals surface area contributed by atoms with Crippen LogP contribution < -0.4 is 5.19 Å². The van der Waals surface area contributed by atoms with E-state index in [1.807, 2.05) is 0 Å². The van der Waals surface area contributed by atoms with Crippen LogP contribution in [0.4, 0.5) is 0 Å². The number of hydrogen-bond acceptors (Lipinski definition) is 2. The second kappa shape index (κ2) is 6.18. The minimum Gasteiger partial charge on any atom is -0.379 e. The van der Waals surface area contributed by atoms with Crippen LogP contribution in [0, 0.1) is 0 Å². The molecule has 0 aromatic heterocycles. The Morgan fingerprint density at radius 3 is 2.81 bits per heavy atom. The first-order valence-electron chi connectivity index (χ1n) is 5.93.